The van der Waals surface area contributed by atoms with Gasteiger partial charge in [0.25, 0.3) is 11.8 Å². The van der Waals surface area contributed by atoms with Gasteiger partial charge >= 0.3 is 0 Å². The van der Waals surface area contributed by atoms with Gasteiger partial charge in [-0.15, -0.1) is 0 Å². The van der Waals surface area contributed by atoms with Crippen molar-refractivity contribution in [1.82, 2.24) is 9.80 Å². The molecule has 0 bridgehead atoms. The normalized spacial score (nSPS) is 14.9. The number of amides is 2. The number of ether oxygens (including phenoxy) is 1. The van der Waals surface area contributed by atoms with Crippen molar-refractivity contribution in [1.29, 1.82) is 0 Å². The van der Waals surface area contributed by atoms with Crippen molar-refractivity contribution < 1.29 is 14.3 Å². The standard InChI is InChI=1S/C28H31N3O3/c1-3-26(34-25-14-12-22(13-15-25)21-8-5-4-6-9-21)27(32)29-24-11-7-10-23(20-24)28(33)31-18-16-30(2)17-19-31/h4-15,20,26H,3,16-19H2,1-2H3,(H,29,32). The molecule has 176 valence electrons. The maximum absolute atomic E-state index is 12.9. The average molecular weight is 458 g/mol. The SMILES string of the molecule is CCC(Oc1ccc(-c2ccccc2)cc1)C(=O)Nc1cccc(C(=O)N2CCN(C)CC2)c1. The number of piperazine rings is 1. The number of benzene rings is 3. The summed E-state index contributed by atoms with van der Waals surface area (Å²) in [6, 6.07) is 25.0. The van der Waals surface area contributed by atoms with Gasteiger partial charge in [0.05, 0.1) is 0 Å². The van der Waals surface area contributed by atoms with Crippen LogP contribution in [0.5, 0.6) is 5.75 Å². The Morgan fingerprint density at radius 3 is 2.24 bits per heavy atom. The zero-order valence-corrected chi connectivity index (χ0v) is 19.7. The molecule has 0 saturated carbocycles. The molecule has 0 aliphatic carbocycles. The van der Waals surface area contributed by atoms with Crippen molar-refractivity contribution in [2.24, 2.45) is 0 Å². The maximum atomic E-state index is 12.9. The Bertz CT molecular complexity index is 1110. The second-order valence-electron chi connectivity index (χ2n) is 8.57. The van der Waals surface area contributed by atoms with Crippen molar-refractivity contribution in [3.05, 3.63) is 84.4 Å². The van der Waals surface area contributed by atoms with E-state index in [1.54, 1.807) is 24.3 Å². The van der Waals surface area contributed by atoms with Crippen LogP contribution in [0.25, 0.3) is 11.1 Å². The molecule has 0 radical (unpaired) electrons. The molecular weight excluding hydrogens is 426 g/mol. The molecule has 6 heteroatoms. The van der Waals surface area contributed by atoms with Crippen LogP contribution in [0, 0.1) is 0 Å². The molecule has 2 amide bonds. The van der Waals surface area contributed by atoms with E-state index in [4.69, 9.17) is 4.74 Å². The van der Waals surface area contributed by atoms with Crippen LogP contribution < -0.4 is 10.1 Å². The number of carbonyl (C=O) groups excluding carboxylic acids is 2. The molecule has 1 unspecified atom stereocenters. The van der Waals surface area contributed by atoms with Crippen LogP contribution in [0.2, 0.25) is 0 Å². The van der Waals surface area contributed by atoms with Crippen LogP contribution >= 0.6 is 0 Å². The molecule has 1 heterocycles. The molecule has 3 aromatic rings. The zero-order chi connectivity index (χ0) is 23.9. The first-order valence-electron chi connectivity index (χ1n) is 11.7. The van der Waals surface area contributed by atoms with Crippen LogP contribution in [-0.4, -0.2) is 60.9 Å². The van der Waals surface area contributed by atoms with E-state index in [1.807, 2.05) is 54.3 Å². The molecule has 4 rings (SSSR count). The summed E-state index contributed by atoms with van der Waals surface area (Å²) >= 11 is 0. The van der Waals surface area contributed by atoms with Gasteiger partial charge in [-0.1, -0.05) is 55.5 Å². The third-order valence-corrected chi connectivity index (χ3v) is 6.07. The van der Waals surface area contributed by atoms with E-state index in [-0.39, 0.29) is 11.8 Å². The van der Waals surface area contributed by atoms with Gasteiger partial charge in [0.15, 0.2) is 6.10 Å². The fourth-order valence-corrected chi connectivity index (χ4v) is 3.99. The molecule has 1 saturated heterocycles. The number of nitrogens with one attached hydrogen (secondary N) is 1. The summed E-state index contributed by atoms with van der Waals surface area (Å²) in [6.45, 7) is 5.06. The topological polar surface area (TPSA) is 61.9 Å². The predicted molar refractivity (Wildman–Crippen MR) is 135 cm³/mol. The van der Waals surface area contributed by atoms with Crippen molar-refractivity contribution in [3.8, 4) is 16.9 Å². The molecule has 34 heavy (non-hydrogen) atoms. The van der Waals surface area contributed by atoms with E-state index in [0.29, 0.717) is 36.5 Å². The van der Waals surface area contributed by atoms with Crippen molar-refractivity contribution in [2.45, 2.75) is 19.4 Å². The quantitative estimate of drug-likeness (QED) is 0.566. The fraction of sp³-hybridized carbons (Fsp3) is 0.286. The summed E-state index contributed by atoms with van der Waals surface area (Å²) in [4.78, 5) is 29.9. The lowest BCUT2D eigenvalue weighted by Gasteiger charge is -2.32. The van der Waals surface area contributed by atoms with Gasteiger partial charge in [-0.3, -0.25) is 9.59 Å². The first-order chi connectivity index (χ1) is 16.5. The Kier molecular flexibility index (Phi) is 7.60. The van der Waals surface area contributed by atoms with E-state index in [0.717, 1.165) is 24.2 Å². The van der Waals surface area contributed by atoms with E-state index in [1.165, 1.54) is 0 Å². The first-order valence-corrected chi connectivity index (χ1v) is 11.7. The summed E-state index contributed by atoms with van der Waals surface area (Å²) in [5.41, 5.74) is 3.39. The molecule has 3 aromatic carbocycles. The highest BCUT2D eigenvalue weighted by molar-refractivity contribution is 5.98. The number of hydrogen-bond acceptors (Lipinski definition) is 4. The molecule has 0 spiro atoms. The van der Waals surface area contributed by atoms with Gasteiger partial charge in [0.2, 0.25) is 0 Å². The van der Waals surface area contributed by atoms with E-state index < -0.39 is 6.10 Å². The smallest absolute Gasteiger partial charge is 0.265 e. The Labute approximate surface area is 201 Å². The third kappa shape index (κ3) is 5.83. The molecule has 1 N–H and O–H groups in total. The lowest BCUT2D eigenvalue weighted by molar-refractivity contribution is -0.122. The van der Waals surface area contributed by atoms with E-state index in [9.17, 15) is 9.59 Å². The lowest BCUT2D eigenvalue weighted by atomic mass is 10.1. The highest BCUT2D eigenvalue weighted by Gasteiger charge is 2.22. The Morgan fingerprint density at radius 1 is 0.882 bits per heavy atom. The monoisotopic (exact) mass is 457 g/mol. The fourth-order valence-electron chi connectivity index (χ4n) is 3.99. The van der Waals surface area contributed by atoms with Crippen LogP contribution in [0.4, 0.5) is 5.69 Å². The molecule has 1 aliphatic rings. The molecule has 1 fully saturated rings. The minimum absolute atomic E-state index is 0.00834. The Balaban J connectivity index is 1.38. The molecule has 0 aromatic heterocycles. The lowest BCUT2D eigenvalue weighted by Crippen LogP contribution is -2.47. The van der Waals surface area contributed by atoms with Gasteiger partial charge in [-0.05, 0) is 54.9 Å². The number of nitrogens with zero attached hydrogens (tertiary/aromatic N) is 2. The summed E-state index contributed by atoms with van der Waals surface area (Å²) in [5.74, 6) is 0.394. The minimum atomic E-state index is -0.639. The van der Waals surface area contributed by atoms with Crippen LogP contribution in [0.1, 0.15) is 23.7 Å². The number of likely N-dealkylation sites (N-methyl/N-ethyl adjacent to an activating group) is 1. The van der Waals surface area contributed by atoms with E-state index in [2.05, 4.69) is 29.4 Å². The van der Waals surface area contributed by atoms with Gasteiger partial charge in [-0.2, -0.15) is 0 Å². The van der Waals surface area contributed by atoms with E-state index >= 15 is 0 Å². The molecule has 1 atom stereocenters. The molecule has 6 nitrogen and oxygen atoms in total. The van der Waals surface area contributed by atoms with Gasteiger partial charge in [-0.25, -0.2) is 0 Å². The van der Waals surface area contributed by atoms with Crippen molar-refractivity contribution in [3.63, 3.8) is 0 Å². The zero-order valence-electron chi connectivity index (χ0n) is 19.7. The van der Waals surface area contributed by atoms with Gasteiger partial charge in [0.1, 0.15) is 5.75 Å². The third-order valence-electron chi connectivity index (χ3n) is 6.07. The Hall–Kier alpha value is -3.64. The summed E-state index contributed by atoms with van der Waals surface area (Å²) < 4.78 is 5.98. The van der Waals surface area contributed by atoms with Crippen molar-refractivity contribution >= 4 is 17.5 Å². The molecular formula is C28H31N3O3. The number of carbonyl (C=O) groups is 2. The number of hydrogen-bond donors (Lipinski definition) is 1. The highest BCUT2D eigenvalue weighted by atomic mass is 16.5. The largest absolute Gasteiger partial charge is 0.481 e. The molecule has 1 aliphatic heterocycles. The van der Waals surface area contributed by atoms with Crippen LogP contribution in [-0.2, 0) is 4.79 Å². The number of anilines is 1. The average Bonchev–Trinajstić information content (AvgIpc) is 2.88. The maximum Gasteiger partial charge on any atom is 0.265 e. The summed E-state index contributed by atoms with van der Waals surface area (Å²) in [7, 11) is 2.06. The second kappa shape index (κ2) is 11.0. The number of rotatable bonds is 7. The highest BCUT2D eigenvalue weighted by Crippen LogP contribution is 2.23. The van der Waals surface area contributed by atoms with Crippen LogP contribution in [0.3, 0.4) is 0 Å². The van der Waals surface area contributed by atoms with Crippen molar-refractivity contribution in [2.75, 3.05) is 38.5 Å². The van der Waals surface area contributed by atoms with Gasteiger partial charge < -0.3 is 19.9 Å². The predicted octanol–water partition coefficient (Wildman–Crippen LogP) is 4.54. The van der Waals surface area contributed by atoms with Gasteiger partial charge in [0, 0.05) is 37.4 Å². The Morgan fingerprint density at radius 2 is 1.56 bits per heavy atom. The van der Waals surface area contributed by atoms with Crippen LogP contribution in [0.15, 0.2) is 78.9 Å². The first kappa shape index (κ1) is 23.5. The summed E-state index contributed by atoms with van der Waals surface area (Å²) in [6.07, 6.45) is -0.119. The minimum Gasteiger partial charge on any atom is -0.481 e. The summed E-state index contributed by atoms with van der Waals surface area (Å²) in [5, 5.41) is 2.91. The second-order valence-corrected chi connectivity index (χ2v) is 8.57.